The molecule has 1 atom stereocenters. The van der Waals surface area contributed by atoms with Gasteiger partial charge in [-0.15, -0.1) is 13.2 Å². The van der Waals surface area contributed by atoms with Crippen molar-refractivity contribution >= 4 is 29.2 Å². The van der Waals surface area contributed by atoms with E-state index in [0.717, 1.165) is 35.0 Å². The average molecular weight is 439 g/mol. The van der Waals surface area contributed by atoms with E-state index in [1.54, 1.807) is 0 Å². The molecule has 0 fully saturated rings. The lowest BCUT2D eigenvalue weighted by Crippen LogP contribution is -2.37. The number of aliphatic hydroxyl groups is 1. The number of hydrogen-bond acceptors (Lipinski definition) is 7. The maximum absolute atomic E-state index is 12.1. The van der Waals surface area contributed by atoms with Gasteiger partial charge in [0.25, 0.3) is 0 Å². The first-order valence-corrected chi connectivity index (χ1v) is 8.11. The van der Waals surface area contributed by atoms with E-state index in [1.165, 1.54) is 6.92 Å². The standard InChI is InChI=1S/C15H14ClF3N4O6/c1-14(25,7-22-6-11(23(26)27)21-12(22)16)8-28-13(24)20-9-2-4-10(5-3-9)29-15(17,18)19/h2-6,25H,7-8H2,1H3,(H,20,24). The molecule has 0 aliphatic carbocycles. The molecule has 10 nitrogen and oxygen atoms in total. The van der Waals surface area contributed by atoms with E-state index in [9.17, 15) is 33.2 Å². The zero-order valence-electron chi connectivity index (χ0n) is 14.6. The van der Waals surface area contributed by atoms with E-state index >= 15 is 0 Å². The summed E-state index contributed by atoms with van der Waals surface area (Å²) in [6.45, 7) is 0.519. The van der Waals surface area contributed by atoms with Crippen molar-refractivity contribution in [2.24, 2.45) is 0 Å². The molecule has 0 saturated carbocycles. The number of halogens is 4. The number of amides is 1. The predicted octanol–water partition coefficient (Wildman–Crippen LogP) is 3.34. The monoisotopic (exact) mass is 438 g/mol. The van der Waals surface area contributed by atoms with Gasteiger partial charge in [0.05, 0.1) is 6.54 Å². The largest absolute Gasteiger partial charge is 0.573 e. The van der Waals surface area contributed by atoms with E-state index in [1.807, 2.05) is 0 Å². The third kappa shape index (κ3) is 7.12. The summed E-state index contributed by atoms with van der Waals surface area (Å²) in [4.78, 5) is 25.2. The number of hydrogen-bond donors (Lipinski definition) is 2. The van der Waals surface area contributed by atoms with Crippen molar-refractivity contribution in [3.8, 4) is 5.75 Å². The minimum Gasteiger partial charge on any atom is -0.446 e. The fourth-order valence-corrected chi connectivity index (χ4v) is 2.30. The summed E-state index contributed by atoms with van der Waals surface area (Å²) in [7, 11) is 0. The Hall–Kier alpha value is -3.06. The molecule has 2 N–H and O–H groups in total. The number of imidazole rings is 1. The Kier molecular flexibility index (Phi) is 6.54. The Morgan fingerprint density at radius 2 is 2.00 bits per heavy atom. The number of benzene rings is 1. The molecule has 158 valence electrons. The second kappa shape index (κ2) is 8.53. The molecule has 0 aliphatic heterocycles. The van der Waals surface area contributed by atoms with Crippen molar-refractivity contribution in [2.45, 2.75) is 25.4 Å². The van der Waals surface area contributed by atoms with Crippen LogP contribution >= 0.6 is 11.6 Å². The Balaban J connectivity index is 1.88. The highest BCUT2D eigenvalue weighted by molar-refractivity contribution is 6.28. The van der Waals surface area contributed by atoms with Crippen molar-refractivity contribution in [2.75, 3.05) is 11.9 Å². The maximum atomic E-state index is 12.1. The molecule has 0 saturated heterocycles. The van der Waals surface area contributed by atoms with Crippen molar-refractivity contribution in [3.05, 3.63) is 45.9 Å². The number of carbonyl (C=O) groups is 1. The van der Waals surface area contributed by atoms with Crippen molar-refractivity contribution in [3.63, 3.8) is 0 Å². The van der Waals surface area contributed by atoms with Gasteiger partial charge in [-0.25, -0.2) is 4.79 Å². The van der Waals surface area contributed by atoms with Crippen LogP contribution in [0.1, 0.15) is 6.92 Å². The molecular weight excluding hydrogens is 425 g/mol. The first-order chi connectivity index (χ1) is 13.3. The van der Waals surface area contributed by atoms with Crippen molar-refractivity contribution in [1.82, 2.24) is 9.55 Å². The van der Waals surface area contributed by atoms with Gasteiger partial charge in [0.1, 0.15) is 24.2 Å². The minimum absolute atomic E-state index is 0.123. The molecule has 14 heteroatoms. The third-order valence-electron chi connectivity index (χ3n) is 3.26. The molecule has 2 rings (SSSR count). The molecule has 1 aromatic heterocycles. The van der Waals surface area contributed by atoms with Crippen LogP contribution in [0, 0.1) is 10.1 Å². The normalized spacial score (nSPS) is 13.4. The lowest BCUT2D eigenvalue weighted by atomic mass is 10.1. The van der Waals surface area contributed by atoms with Gasteiger partial charge in [0.2, 0.25) is 0 Å². The van der Waals surface area contributed by atoms with Crippen LogP contribution < -0.4 is 10.1 Å². The molecular formula is C15H14ClF3N4O6. The van der Waals surface area contributed by atoms with Gasteiger partial charge >= 0.3 is 23.6 Å². The van der Waals surface area contributed by atoms with Crippen LogP contribution in [-0.4, -0.2) is 44.2 Å². The lowest BCUT2D eigenvalue weighted by molar-refractivity contribution is -0.389. The number of anilines is 1. The van der Waals surface area contributed by atoms with E-state index in [0.29, 0.717) is 0 Å². The topological polar surface area (TPSA) is 129 Å². The average Bonchev–Trinajstić information content (AvgIpc) is 2.94. The molecule has 1 aromatic carbocycles. The van der Waals surface area contributed by atoms with Gasteiger partial charge in [-0.2, -0.15) is 0 Å². The molecule has 1 unspecified atom stereocenters. The zero-order valence-corrected chi connectivity index (χ0v) is 15.4. The summed E-state index contributed by atoms with van der Waals surface area (Å²) in [5, 5.41) is 23.0. The van der Waals surface area contributed by atoms with E-state index in [-0.39, 0.29) is 17.5 Å². The summed E-state index contributed by atoms with van der Waals surface area (Å²) < 4.78 is 46.0. The second-order valence-electron chi connectivity index (χ2n) is 6.02. The van der Waals surface area contributed by atoms with E-state index in [4.69, 9.17) is 16.3 Å². The summed E-state index contributed by atoms with van der Waals surface area (Å²) >= 11 is 5.75. The molecule has 0 spiro atoms. The minimum atomic E-state index is -4.84. The predicted molar refractivity (Wildman–Crippen MR) is 92.6 cm³/mol. The number of rotatable bonds is 7. The Bertz CT molecular complexity index is 885. The second-order valence-corrected chi connectivity index (χ2v) is 6.36. The highest BCUT2D eigenvalue weighted by atomic mass is 35.5. The number of aromatic nitrogens is 2. The van der Waals surface area contributed by atoms with Gasteiger partial charge in [0.15, 0.2) is 0 Å². The van der Waals surface area contributed by atoms with Crippen LogP contribution in [0.2, 0.25) is 5.28 Å². The number of ether oxygens (including phenoxy) is 2. The molecule has 0 aliphatic rings. The Morgan fingerprint density at radius 3 is 2.52 bits per heavy atom. The number of nitrogens with zero attached hydrogens (tertiary/aromatic N) is 3. The van der Waals surface area contributed by atoms with Gasteiger partial charge in [-0.1, -0.05) is 0 Å². The fraction of sp³-hybridized carbons (Fsp3) is 0.333. The Morgan fingerprint density at radius 1 is 1.38 bits per heavy atom. The van der Waals surface area contributed by atoms with Crippen molar-refractivity contribution < 1.29 is 37.5 Å². The van der Waals surface area contributed by atoms with Crippen LogP contribution in [0.4, 0.5) is 29.5 Å². The fourth-order valence-electron chi connectivity index (χ4n) is 2.11. The maximum Gasteiger partial charge on any atom is 0.573 e. The molecule has 0 bridgehead atoms. The summed E-state index contributed by atoms with van der Waals surface area (Å²) in [5.41, 5.74) is -1.53. The first kappa shape index (κ1) is 22.2. The lowest BCUT2D eigenvalue weighted by Gasteiger charge is -2.23. The highest BCUT2D eigenvalue weighted by Gasteiger charge is 2.31. The van der Waals surface area contributed by atoms with Crippen LogP contribution in [0.3, 0.4) is 0 Å². The van der Waals surface area contributed by atoms with E-state index < -0.39 is 41.2 Å². The van der Waals surface area contributed by atoms with Gasteiger partial charge < -0.3 is 24.7 Å². The third-order valence-corrected chi connectivity index (χ3v) is 3.56. The molecule has 1 amide bonds. The molecule has 0 radical (unpaired) electrons. The number of alkyl halides is 3. The van der Waals surface area contributed by atoms with Gasteiger partial charge in [-0.05, 0) is 52.7 Å². The zero-order chi connectivity index (χ0) is 21.8. The van der Waals surface area contributed by atoms with Gasteiger partial charge in [0, 0.05) is 5.69 Å². The van der Waals surface area contributed by atoms with Gasteiger partial charge in [-0.3, -0.25) is 9.88 Å². The van der Waals surface area contributed by atoms with Crippen LogP contribution in [-0.2, 0) is 11.3 Å². The van der Waals surface area contributed by atoms with Crippen LogP contribution in [0.5, 0.6) is 5.75 Å². The summed E-state index contributed by atoms with van der Waals surface area (Å²) in [5.74, 6) is -0.979. The van der Waals surface area contributed by atoms with Crippen LogP contribution in [0.15, 0.2) is 30.5 Å². The number of nitro groups is 1. The van der Waals surface area contributed by atoms with E-state index in [2.05, 4.69) is 15.0 Å². The SMILES string of the molecule is CC(O)(COC(=O)Nc1ccc(OC(F)(F)F)cc1)Cn1cc([N+](=O)[O-])nc1Cl. The first-order valence-electron chi connectivity index (χ1n) is 7.74. The quantitative estimate of drug-likeness (QED) is 0.501. The smallest absolute Gasteiger partial charge is 0.446 e. The number of nitrogens with one attached hydrogen (secondary N) is 1. The molecule has 2 aromatic rings. The Labute approximate surface area is 166 Å². The summed E-state index contributed by atoms with van der Waals surface area (Å²) in [6, 6.07) is 4.30. The number of carbonyl (C=O) groups excluding carboxylic acids is 1. The highest BCUT2D eigenvalue weighted by Crippen LogP contribution is 2.24. The molecule has 1 heterocycles. The molecule has 29 heavy (non-hydrogen) atoms. The van der Waals surface area contributed by atoms with Crippen molar-refractivity contribution in [1.29, 1.82) is 0 Å². The van der Waals surface area contributed by atoms with Crippen LogP contribution in [0.25, 0.3) is 0 Å². The summed E-state index contributed by atoms with van der Waals surface area (Å²) in [6.07, 6.45) is -4.81.